The van der Waals surface area contributed by atoms with Crippen LogP contribution in [0, 0.1) is 0 Å². The molecule has 1 atom stereocenters. The number of nitrogens with one attached hydrogen (secondary N) is 1. The lowest BCUT2D eigenvalue weighted by Crippen LogP contribution is -2.38. The van der Waals surface area contributed by atoms with Crippen molar-refractivity contribution >= 4 is 17.6 Å². The fourth-order valence-corrected chi connectivity index (χ4v) is 4.29. The molecule has 4 aromatic heterocycles. The Labute approximate surface area is 225 Å². The molecular formula is C26H23F3N8O3. The Hall–Kier alpha value is -4.88. The monoisotopic (exact) mass is 552 g/mol. The highest BCUT2D eigenvalue weighted by molar-refractivity contribution is 6.02. The summed E-state index contributed by atoms with van der Waals surface area (Å²) in [4.78, 5) is 39.4. The number of anilines is 1. The molecule has 14 heteroatoms. The number of piperidine rings is 1. The Balaban J connectivity index is 1.23. The van der Waals surface area contributed by atoms with E-state index < -0.39 is 18.6 Å². The SMILES string of the molecule is C=CC(=O)N1CCC[C@H](c2nc(-c3ccc(NC(=O)c4cccc(-c5cnn(CC(F)(F)F)c5)n4)nc3)no2)C1. The number of hydrogen-bond acceptors (Lipinski definition) is 8. The van der Waals surface area contributed by atoms with Crippen molar-refractivity contribution in [2.45, 2.75) is 31.5 Å². The van der Waals surface area contributed by atoms with Gasteiger partial charge in [0.25, 0.3) is 5.91 Å². The van der Waals surface area contributed by atoms with Gasteiger partial charge in [0.05, 0.1) is 17.8 Å². The summed E-state index contributed by atoms with van der Waals surface area (Å²) in [5.41, 5.74) is 1.26. The Morgan fingerprint density at radius 1 is 1.15 bits per heavy atom. The highest BCUT2D eigenvalue weighted by Crippen LogP contribution is 2.28. The third-order valence-corrected chi connectivity index (χ3v) is 6.21. The minimum atomic E-state index is -4.41. The fraction of sp³-hybridized carbons (Fsp3) is 0.269. The second kappa shape index (κ2) is 11.1. The zero-order chi connectivity index (χ0) is 28.3. The van der Waals surface area contributed by atoms with E-state index in [0.717, 1.165) is 17.5 Å². The summed E-state index contributed by atoms with van der Waals surface area (Å²) >= 11 is 0. The molecule has 2 amide bonds. The summed E-state index contributed by atoms with van der Waals surface area (Å²) in [6.07, 6.45) is 2.47. The van der Waals surface area contributed by atoms with E-state index in [1.54, 1.807) is 29.2 Å². The smallest absolute Gasteiger partial charge is 0.339 e. The maximum atomic E-state index is 12.8. The normalized spacial score (nSPS) is 15.6. The van der Waals surface area contributed by atoms with E-state index in [1.807, 2.05) is 0 Å². The van der Waals surface area contributed by atoms with E-state index in [9.17, 15) is 22.8 Å². The maximum absolute atomic E-state index is 12.8. The summed E-state index contributed by atoms with van der Waals surface area (Å²) < 4.78 is 44.1. The lowest BCUT2D eigenvalue weighted by molar-refractivity contribution is -0.142. The van der Waals surface area contributed by atoms with Crippen LogP contribution in [0.2, 0.25) is 0 Å². The van der Waals surface area contributed by atoms with Crippen molar-refractivity contribution in [3.05, 3.63) is 73.2 Å². The molecule has 1 aliphatic rings. The van der Waals surface area contributed by atoms with Gasteiger partial charge in [-0.05, 0) is 43.2 Å². The van der Waals surface area contributed by atoms with Crippen molar-refractivity contribution in [2.75, 3.05) is 18.4 Å². The van der Waals surface area contributed by atoms with E-state index >= 15 is 0 Å². The van der Waals surface area contributed by atoms with Crippen LogP contribution in [0.15, 0.2) is 66.1 Å². The molecule has 5 heterocycles. The van der Waals surface area contributed by atoms with Crippen LogP contribution in [-0.4, -0.2) is 65.9 Å². The molecule has 11 nitrogen and oxygen atoms in total. The molecule has 0 bridgehead atoms. The van der Waals surface area contributed by atoms with Gasteiger partial charge in [-0.2, -0.15) is 23.3 Å². The molecular weight excluding hydrogens is 529 g/mol. The topological polar surface area (TPSA) is 132 Å². The van der Waals surface area contributed by atoms with Gasteiger partial charge in [-0.25, -0.2) is 9.97 Å². The predicted molar refractivity (Wildman–Crippen MR) is 136 cm³/mol. The van der Waals surface area contributed by atoms with Crippen LogP contribution in [0.5, 0.6) is 0 Å². The van der Waals surface area contributed by atoms with Crippen LogP contribution in [0.3, 0.4) is 0 Å². The molecule has 0 aromatic carbocycles. The van der Waals surface area contributed by atoms with Gasteiger partial charge in [-0.15, -0.1) is 0 Å². The van der Waals surface area contributed by atoms with Crippen LogP contribution in [-0.2, 0) is 11.3 Å². The van der Waals surface area contributed by atoms with Crippen LogP contribution in [0.4, 0.5) is 19.0 Å². The Morgan fingerprint density at radius 3 is 2.75 bits per heavy atom. The maximum Gasteiger partial charge on any atom is 0.408 e. The molecule has 1 saturated heterocycles. The molecule has 0 spiro atoms. The molecule has 4 aromatic rings. The molecule has 0 saturated carbocycles. The highest BCUT2D eigenvalue weighted by Gasteiger charge is 2.29. The van der Waals surface area contributed by atoms with Crippen molar-refractivity contribution in [1.82, 2.24) is 34.8 Å². The van der Waals surface area contributed by atoms with Gasteiger partial charge in [0.2, 0.25) is 17.6 Å². The van der Waals surface area contributed by atoms with Crippen molar-refractivity contribution in [3.8, 4) is 22.6 Å². The van der Waals surface area contributed by atoms with Crippen molar-refractivity contribution in [3.63, 3.8) is 0 Å². The minimum absolute atomic E-state index is 0.0474. The molecule has 206 valence electrons. The first kappa shape index (κ1) is 26.7. The number of hydrogen-bond donors (Lipinski definition) is 1. The van der Waals surface area contributed by atoms with Gasteiger partial charge in [0.1, 0.15) is 18.1 Å². The average Bonchev–Trinajstić information content (AvgIpc) is 3.63. The van der Waals surface area contributed by atoms with Crippen molar-refractivity contribution < 1.29 is 27.3 Å². The highest BCUT2D eigenvalue weighted by atomic mass is 19.4. The van der Waals surface area contributed by atoms with Gasteiger partial charge in [-0.1, -0.05) is 17.8 Å². The summed E-state index contributed by atoms with van der Waals surface area (Å²) in [5.74, 6) is 0.242. The first-order valence-corrected chi connectivity index (χ1v) is 12.3. The van der Waals surface area contributed by atoms with Gasteiger partial charge in [-0.3, -0.25) is 14.3 Å². The first-order chi connectivity index (χ1) is 19.2. The number of aromatic nitrogens is 6. The Kier molecular flexibility index (Phi) is 7.40. The number of carbonyl (C=O) groups is 2. The molecule has 0 unspecified atom stereocenters. The second-order valence-electron chi connectivity index (χ2n) is 9.12. The number of nitrogens with zero attached hydrogens (tertiary/aromatic N) is 7. The number of carbonyl (C=O) groups excluding carboxylic acids is 2. The van der Waals surface area contributed by atoms with Gasteiger partial charge in [0.15, 0.2) is 0 Å². The standard InChI is InChI=1S/C26H23F3N8O3/c1-2-22(38)36-10-4-5-17(13-36)25-34-23(35-40-25)16-8-9-21(30-11-16)33-24(39)20-7-3-6-19(32-20)18-12-31-37(14-18)15-26(27,28)29/h2-3,6-9,11-12,14,17H,1,4-5,10,13,15H2,(H,30,33,39)/t17-/m0/s1. The number of halogens is 3. The summed E-state index contributed by atoms with van der Waals surface area (Å²) in [5, 5.41) is 10.4. The van der Waals surface area contributed by atoms with Crippen molar-refractivity contribution in [2.24, 2.45) is 0 Å². The Morgan fingerprint density at radius 2 is 2.00 bits per heavy atom. The third kappa shape index (κ3) is 6.22. The quantitative estimate of drug-likeness (QED) is 0.339. The van der Waals surface area contributed by atoms with Gasteiger partial charge < -0.3 is 14.7 Å². The van der Waals surface area contributed by atoms with E-state index in [-0.39, 0.29) is 23.3 Å². The predicted octanol–water partition coefficient (Wildman–Crippen LogP) is 4.10. The summed E-state index contributed by atoms with van der Waals surface area (Å²) in [7, 11) is 0. The molecule has 0 radical (unpaired) electrons. The van der Waals surface area contributed by atoms with Crippen LogP contribution >= 0.6 is 0 Å². The molecule has 1 N–H and O–H groups in total. The number of alkyl halides is 3. The van der Waals surface area contributed by atoms with E-state index in [1.165, 1.54) is 30.7 Å². The minimum Gasteiger partial charge on any atom is -0.339 e. The zero-order valence-electron chi connectivity index (χ0n) is 21.0. The molecule has 40 heavy (non-hydrogen) atoms. The first-order valence-electron chi connectivity index (χ1n) is 12.3. The van der Waals surface area contributed by atoms with Gasteiger partial charge >= 0.3 is 6.18 Å². The average molecular weight is 553 g/mol. The second-order valence-corrected chi connectivity index (χ2v) is 9.12. The van der Waals surface area contributed by atoms with E-state index in [0.29, 0.717) is 41.6 Å². The van der Waals surface area contributed by atoms with E-state index in [2.05, 4.69) is 37.1 Å². The van der Waals surface area contributed by atoms with Gasteiger partial charge in [0, 0.05) is 36.6 Å². The number of rotatable bonds is 7. The Bertz CT molecular complexity index is 1530. The molecule has 0 aliphatic carbocycles. The lowest BCUT2D eigenvalue weighted by atomic mass is 9.98. The van der Waals surface area contributed by atoms with E-state index in [4.69, 9.17) is 4.52 Å². The number of pyridine rings is 2. The van der Waals surface area contributed by atoms with Crippen molar-refractivity contribution in [1.29, 1.82) is 0 Å². The van der Waals surface area contributed by atoms with Crippen LogP contribution < -0.4 is 5.32 Å². The largest absolute Gasteiger partial charge is 0.408 e. The zero-order valence-corrected chi connectivity index (χ0v) is 21.0. The summed E-state index contributed by atoms with van der Waals surface area (Å²) in [6.45, 7) is 3.44. The summed E-state index contributed by atoms with van der Waals surface area (Å²) in [6, 6.07) is 7.86. The fourth-order valence-electron chi connectivity index (χ4n) is 4.29. The third-order valence-electron chi connectivity index (χ3n) is 6.21. The van der Waals surface area contributed by atoms with Crippen LogP contribution in [0.1, 0.15) is 35.1 Å². The molecule has 1 aliphatic heterocycles. The molecule has 5 rings (SSSR count). The number of amides is 2. The number of likely N-dealkylation sites (tertiary alicyclic amines) is 1. The lowest BCUT2D eigenvalue weighted by Gasteiger charge is -2.30. The van der Waals surface area contributed by atoms with Crippen LogP contribution in [0.25, 0.3) is 22.6 Å². The molecule has 1 fully saturated rings.